The van der Waals surface area contributed by atoms with Crippen LogP contribution >= 0.6 is 46.3 Å². The van der Waals surface area contributed by atoms with Gasteiger partial charge in [0.05, 0.1) is 23.1 Å². The summed E-state index contributed by atoms with van der Waals surface area (Å²) < 4.78 is 5.45. The van der Waals surface area contributed by atoms with Crippen molar-refractivity contribution in [1.29, 1.82) is 0 Å². The number of benzene rings is 4. The molecule has 0 aliphatic carbocycles. The molecule has 1 atom stereocenters. The number of amides is 3. The third-order valence-electron chi connectivity index (χ3n) is 6.94. The zero-order valence-corrected chi connectivity index (χ0v) is 29.0. The van der Waals surface area contributed by atoms with Crippen molar-refractivity contribution in [3.05, 3.63) is 129 Å². The molecule has 0 aliphatic heterocycles. The number of hydrogen-bond donors (Lipinski definition) is 3. The van der Waals surface area contributed by atoms with Gasteiger partial charge in [0.1, 0.15) is 11.4 Å². The van der Waals surface area contributed by atoms with E-state index in [1.54, 1.807) is 84.9 Å². The Bertz CT molecular complexity index is 1970. The summed E-state index contributed by atoms with van der Waals surface area (Å²) in [6.07, 6.45) is 2.11. The minimum absolute atomic E-state index is 0.0277. The maximum absolute atomic E-state index is 13.6. The molecule has 12 heteroatoms. The van der Waals surface area contributed by atoms with Gasteiger partial charge in [-0.3, -0.25) is 14.4 Å². The molecule has 0 radical (unpaired) electrons. The van der Waals surface area contributed by atoms with Crippen LogP contribution in [-0.4, -0.2) is 35.1 Å². The molecule has 48 heavy (non-hydrogen) atoms. The number of halogens is 2. The minimum atomic E-state index is -0.530. The van der Waals surface area contributed by atoms with Crippen LogP contribution in [0.5, 0.6) is 5.75 Å². The first-order chi connectivity index (χ1) is 23.2. The van der Waals surface area contributed by atoms with E-state index >= 15 is 0 Å². The van der Waals surface area contributed by atoms with E-state index in [9.17, 15) is 14.4 Å². The number of anilines is 2. The second-order valence-electron chi connectivity index (χ2n) is 10.3. The van der Waals surface area contributed by atoms with Gasteiger partial charge in [-0.1, -0.05) is 72.6 Å². The summed E-state index contributed by atoms with van der Waals surface area (Å²) in [5, 5.41) is 11.4. The molecule has 1 unspecified atom stereocenters. The molecular formula is C36H30Cl2N4O4S2. The molecule has 5 rings (SSSR count). The molecule has 0 saturated heterocycles. The number of carbonyl (C=O) groups excluding carboxylic acids is 3. The van der Waals surface area contributed by atoms with E-state index in [1.165, 1.54) is 30.2 Å². The Kier molecular flexibility index (Phi) is 11.9. The highest BCUT2D eigenvalue weighted by molar-refractivity contribution is 8.00. The lowest BCUT2D eigenvalue weighted by atomic mass is 10.1. The Labute approximate surface area is 296 Å². The first-order valence-corrected chi connectivity index (χ1v) is 17.3. The maximum atomic E-state index is 13.6. The lowest BCUT2D eigenvalue weighted by molar-refractivity contribution is -0.116. The predicted octanol–water partition coefficient (Wildman–Crippen LogP) is 9.04. The number of thioether (sulfide) groups is 1. The summed E-state index contributed by atoms with van der Waals surface area (Å²) in [6.45, 7) is 1.92. The molecule has 244 valence electrons. The Morgan fingerprint density at radius 1 is 0.938 bits per heavy atom. The topological polar surface area (TPSA) is 109 Å². The molecular weight excluding hydrogens is 687 g/mol. The maximum Gasteiger partial charge on any atom is 0.272 e. The van der Waals surface area contributed by atoms with Crippen molar-refractivity contribution >= 4 is 80.9 Å². The van der Waals surface area contributed by atoms with Crippen molar-refractivity contribution in [3.8, 4) is 17.0 Å². The molecule has 0 spiro atoms. The summed E-state index contributed by atoms with van der Waals surface area (Å²) in [5.74, 6) is -0.624. The van der Waals surface area contributed by atoms with Crippen LogP contribution in [0.4, 0.5) is 10.8 Å². The van der Waals surface area contributed by atoms with Crippen LogP contribution in [0.25, 0.3) is 17.3 Å². The average molecular weight is 718 g/mol. The molecule has 1 heterocycles. The fourth-order valence-electron chi connectivity index (χ4n) is 4.55. The standard InChI is InChI=1S/C36H30Cl2N4O4S2/c1-3-32(35(45)42-36-41-30(21-47-36)27-17-16-24(37)19-28(27)38)48-26-14-9-13-25(20-26)39-34(44)29(18-23-12-7-8-15-31(23)46-2)40-33(43)22-10-5-4-6-11-22/h4-21,32H,3H2,1-2H3,(H,39,44)(H,40,43)(H,41,42,45)/b29-18+. The van der Waals surface area contributed by atoms with Crippen molar-refractivity contribution in [2.24, 2.45) is 0 Å². The first kappa shape index (κ1) is 34.7. The molecule has 3 N–H and O–H groups in total. The van der Waals surface area contributed by atoms with Crippen LogP contribution in [0.15, 0.2) is 113 Å². The fraction of sp³-hybridized carbons (Fsp3) is 0.111. The highest BCUT2D eigenvalue weighted by atomic mass is 35.5. The van der Waals surface area contributed by atoms with Crippen LogP contribution in [0.3, 0.4) is 0 Å². The van der Waals surface area contributed by atoms with Crippen molar-refractivity contribution in [2.45, 2.75) is 23.5 Å². The molecule has 1 aromatic heterocycles. The summed E-state index contributed by atoms with van der Waals surface area (Å²) in [5.41, 5.74) is 2.90. The molecule has 0 aliphatic rings. The lowest BCUT2D eigenvalue weighted by Crippen LogP contribution is -2.30. The number of para-hydroxylation sites is 1. The van der Waals surface area contributed by atoms with Gasteiger partial charge in [0.25, 0.3) is 11.8 Å². The van der Waals surface area contributed by atoms with Gasteiger partial charge in [-0.15, -0.1) is 23.1 Å². The largest absolute Gasteiger partial charge is 0.496 e. The fourth-order valence-corrected chi connectivity index (χ4v) is 6.79. The Morgan fingerprint density at radius 3 is 2.46 bits per heavy atom. The van der Waals surface area contributed by atoms with Crippen molar-refractivity contribution in [1.82, 2.24) is 10.3 Å². The number of thiazole rings is 1. The Balaban J connectivity index is 1.29. The number of hydrogen-bond acceptors (Lipinski definition) is 7. The molecule has 0 fully saturated rings. The second-order valence-corrected chi connectivity index (χ2v) is 13.2. The number of aromatic nitrogens is 1. The predicted molar refractivity (Wildman–Crippen MR) is 196 cm³/mol. The molecule has 0 bridgehead atoms. The summed E-state index contributed by atoms with van der Waals surface area (Å²) in [6, 6.07) is 28.2. The van der Waals surface area contributed by atoms with E-state index in [0.29, 0.717) is 49.9 Å². The van der Waals surface area contributed by atoms with Gasteiger partial charge in [-0.05, 0) is 67.1 Å². The molecule has 8 nitrogen and oxygen atoms in total. The van der Waals surface area contributed by atoms with E-state index < -0.39 is 17.1 Å². The smallest absolute Gasteiger partial charge is 0.272 e. The number of rotatable bonds is 12. The van der Waals surface area contributed by atoms with Crippen LogP contribution in [0, 0.1) is 0 Å². The first-order valence-electron chi connectivity index (χ1n) is 14.7. The summed E-state index contributed by atoms with van der Waals surface area (Å²) in [4.78, 5) is 45.2. The van der Waals surface area contributed by atoms with Gasteiger partial charge in [0, 0.05) is 37.7 Å². The SMILES string of the molecule is CCC(Sc1cccc(NC(=O)/C(=C\c2ccccc2OC)NC(=O)c2ccccc2)c1)C(=O)Nc1nc(-c2ccc(Cl)cc2Cl)cs1. The van der Waals surface area contributed by atoms with Gasteiger partial charge in [0.2, 0.25) is 5.91 Å². The third kappa shape index (κ3) is 9.05. The zero-order chi connectivity index (χ0) is 34.0. The molecule has 0 saturated carbocycles. The minimum Gasteiger partial charge on any atom is -0.496 e. The van der Waals surface area contributed by atoms with Crippen molar-refractivity contribution < 1.29 is 19.1 Å². The van der Waals surface area contributed by atoms with Crippen LogP contribution < -0.4 is 20.7 Å². The Hall–Kier alpha value is -4.61. The van der Waals surface area contributed by atoms with Gasteiger partial charge < -0.3 is 20.7 Å². The summed E-state index contributed by atoms with van der Waals surface area (Å²) >= 11 is 15.0. The highest BCUT2D eigenvalue weighted by Crippen LogP contribution is 2.33. The van der Waals surface area contributed by atoms with Crippen LogP contribution in [-0.2, 0) is 9.59 Å². The van der Waals surface area contributed by atoms with E-state index in [2.05, 4.69) is 20.9 Å². The van der Waals surface area contributed by atoms with E-state index in [-0.39, 0.29) is 11.6 Å². The molecule has 3 amide bonds. The number of nitrogens with zero attached hydrogens (tertiary/aromatic N) is 1. The van der Waals surface area contributed by atoms with Crippen LogP contribution in [0.2, 0.25) is 10.0 Å². The molecule has 5 aromatic rings. The normalized spacial score (nSPS) is 11.8. The van der Waals surface area contributed by atoms with E-state index in [4.69, 9.17) is 27.9 Å². The summed E-state index contributed by atoms with van der Waals surface area (Å²) in [7, 11) is 1.54. The number of methoxy groups -OCH3 is 1. The van der Waals surface area contributed by atoms with E-state index in [0.717, 1.165) is 10.5 Å². The van der Waals surface area contributed by atoms with Gasteiger partial charge in [-0.25, -0.2) is 4.98 Å². The Morgan fingerprint density at radius 2 is 1.71 bits per heavy atom. The van der Waals surface area contributed by atoms with E-state index in [1.807, 2.05) is 30.5 Å². The number of carbonyl (C=O) groups is 3. The highest BCUT2D eigenvalue weighted by Gasteiger charge is 2.21. The third-order valence-corrected chi connectivity index (χ3v) is 9.61. The lowest BCUT2D eigenvalue weighted by Gasteiger charge is -2.15. The van der Waals surface area contributed by atoms with Crippen molar-refractivity contribution in [2.75, 3.05) is 17.7 Å². The molecule has 4 aromatic carbocycles. The second kappa shape index (κ2) is 16.5. The average Bonchev–Trinajstić information content (AvgIpc) is 3.55. The quantitative estimate of drug-likeness (QED) is 0.0878. The van der Waals surface area contributed by atoms with Gasteiger partial charge >= 0.3 is 0 Å². The number of nitrogens with one attached hydrogen (secondary N) is 3. The van der Waals surface area contributed by atoms with Crippen molar-refractivity contribution in [3.63, 3.8) is 0 Å². The van der Waals surface area contributed by atoms with Gasteiger partial charge in [0.15, 0.2) is 5.13 Å². The van der Waals surface area contributed by atoms with Gasteiger partial charge in [-0.2, -0.15) is 0 Å². The number of ether oxygens (including phenoxy) is 1. The monoisotopic (exact) mass is 716 g/mol. The zero-order valence-electron chi connectivity index (χ0n) is 25.8. The van der Waals surface area contributed by atoms with Crippen LogP contribution in [0.1, 0.15) is 29.3 Å².